The molecule has 0 amide bonds. The zero-order valence-corrected chi connectivity index (χ0v) is 14.7. The zero-order chi connectivity index (χ0) is 18.7. The molecule has 1 aromatic heterocycles. The Labute approximate surface area is 156 Å². The fraction of sp³-hybridized carbons (Fsp3) is 0.0714. The first-order chi connectivity index (χ1) is 11.7. The standard InChI is InChI=1S/C14H9Cl3N4O4/c1-6(7-2-4-8(5-3-7)21(24)25)19-20-11-9(15)12(14(22)23)18-13(17)10(11)16/h2-5H,1H3,(H,18,20)(H,22,23). The van der Waals surface area contributed by atoms with E-state index in [1.807, 2.05) is 0 Å². The van der Waals surface area contributed by atoms with Crippen LogP contribution < -0.4 is 5.43 Å². The van der Waals surface area contributed by atoms with E-state index in [4.69, 9.17) is 39.9 Å². The molecule has 2 rings (SSSR count). The Bertz CT molecular complexity index is 885. The number of aromatic carboxylic acids is 1. The number of rotatable bonds is 5. The van der Waals surface area contributed by atoms with Crippen molar-refractivity contribution in [3.8, 4) is 0 Å². The van der Waals surface area contributed by atoms with E-state index in [1.165, 1.54) is 24.3 Å². The second kappa shape index (κ2) is 7.64. The maximum Gasteiger partial charge on any atom is 0.356 e. The SMILES string of the molecule is CC(=NNc1c(Cl)c(Cl)nc(C(=O)O)c1Cl)c1ccc([N+](=O)[O-])cc1. The van der Waals surface area contributed by atoms with Crippen LogP contribution >= 0.6 is 34.8 Å². The van der Waals surface area contributed by atoms with Gasteiger partial charge >= 0.3 is 5.97 Å². The molecule has 0 atom stereocenters. The van der Waals surface area contributed by atoms with Crippen molar-refractivity contribution in [3.05, 3.63) is 60.8 Å². The number of nitro groups is 1. The first kappa shape index (κ1) is 18.9. The summed E-state index contributed by atoms with van der Waals surface area (Å²) in [5, 5.41) is 23.2. The lowest BCUT2D eigenvalue weighted by Crippen LogP contribution is -2.06. The number of hydrogen-bond acceptors (Lipinski definition) is 6. The number of pyridine rings is 1. The van der Waals surface area contributed by atoms with Crippen molar-refractivity contribution in [1.82, 2.24) is 4.98 Å². The third kappa shape index (κ3) is 4.16. The molecule has 0 aliphatic carbocycles. The van der Waals surface area contributed by atoms with Crippen molar-refractivity contribution in [1.29, 1.82) is 0 Å². The number of nitrogens with zero attached hydrogens (tertiary/aromatic N) is 3. The van der Waals surface area contributed by atoms with E-state index in [0.29, 0.717) is 11.3 Å². The first-order valence-corrected chi connectivity index (χ1v) is 7.68. The average Bonchev–Trinajstić information content (AvgIpc) is 2.57. The molecule has 8 nitrogen and oxygen atoms in total. The summed E-state index contributed by atoms with van der Waals surface area (Å²) in [4.78, 5) is 24.9. The number of hydrogen-bond donors (Lipinski definition) is 2. The van der Waals surface area contributed by atoms with Gasteiger partial charge in [-0.05, 0) is 24.6 Å². The Kier molecular flexibility index (Phi) is 5.78. The van der Waals surface area contributed by atoms with Gasteiger partial charge in [0.2, 0.25) is 0 Å². The number of hydrazone groups is 1. The highest BCUT2D eigenvalue weighted by molar-refractivity contribution is 6.46. The van der Waals surface area contributed by atoms with Gasteiger partial charge in [-0.2, -0.15) is 5.10 Å². The third-order valence-electron chi connectivity index (χ3n) is 3.07. The van der Waals surface area contributed by atoms with E-state index in [0.717, 1.165) is 0 Å². The van der Waals surface area contributed by atoms with Crippen LogP contribution in [0.5, 0.6) is 0 Å². The van der Waals surface area contributed by atoms with Gasteiger partial charge in [0, 0.05) is 12.1 Å². The van der Waals surface area contributed by atoms with Gasteiger partial charge in [-0.3, -0.25) is 15.5 Å². The maximum absolute atomic E-state index is 11.1. The van der Waals surface area contributed by atoms with E-state index < -0.39 is 16.6 Å². The molecular formula is C14H9Cl3N4O4. The van der Waals surface area contributed by atoms with Gasteiger partial charge in [0.15, 0.2) is 10.8 Å². The van der Waals surface area contributed by atoms with Crippen molar-refractivity contribution in [3.63, 3.8) is 0 Å². The van der Waals surface area contributed by atoms with Crippen LogP contribution in [0, 0.1) is 10.1 Å². The van der Waals surface area contributed by atoms with Gasteiger partial charge in [0.1, 0.15) is 10.0 Å². The fourth-order valence-corrected chi connectivity index (χ4v) is 2.45. The summed E-state index contributed by atoms with van der Waals surface area (Å²) in [7, 11) is 0. The molecule has 0 radical (unpaired) electrons. The lowest BCUT2D eigenvalue weighted by Gasteiger charge is -2.10. The topological polar surface area (TPSA) is 118 Å². The molecule has 2 aromatic rings. The number of halogens is 3. The smallest absolute Gasteiger partial charge is 0.356 e. The van der Waals surface area contributed by atoms with Gasteiger partial charge in [0.25, 0.3) is 5.69 Å². The van der Waals surface area contributed by atoms with E-state index >= 15 is 0 Å². The summed E-state index contributed by atoms with van der Waals surface area (Å²) in [6, 6.07) is 5.70. The highest BCUT2D eigenvalue weighted by Crippen LogP contribution is 2.36. The quantitative estimate of drug-likeness (QED) is 0.329. The highest BCUT2D eigenvalue weighted by Gasteiger charge is 2.20. The van der Waals surface area contributed by atoms with Crippen LogP contribution in [0.3, 0.4) is 0 Å². The van der Waals surface area contributed by atoms with Gasteiger partial charge in [-0.25, -0.2) is 9.78 Å². The number of carbonyl (C=O) groups is 1. The molecule has 0 spiro atoms. The molecule has 0 unspecified atom stereocenters. The van der Waals surface area contributed by atoms with Gasteiger partial charge in [-0.15, -0.1) is 0 Å². The summed E-state index contributed by atoms with van der Waals surface area (Å²) in [6.45, 7) is 1.64. The number of aromatic nitrogens is 1. The molecular weight excluding hydrogens is 395 g/mol. The van der Waals surface area contributed by atoms with Crippen LogP contribution in [-0.4, -0.2) is 26.7 Å². The minimum atomic E-state index is -1.37. The molecule has 0 saturated carbocycles. The Morgan fingerprint density at radius 1 is 1.24 bits per heavy atom. The normalized spacial score (nSPS) is 11.3. The summed E-state index contributed by atoms with van der Waals surface area (Å²) in [5.74, 6) is -1.37. The first-order valence-electron chi connectivity index (χ1n) is 6.55. The number of nitro benzene ring substituents is 1. The Balaban J connectivity index is 2.34. The second-order valence-electron chi connectivity index (χ2n) is 4.67. The molecule has 11 heteroatoms. The van der Waals surface area contributed by atoms with Crippen LogP contribution in [0.15, 0.2) is 29.4 Å². The fourth-order valence-electron chi connectivity index (χ4n) is 1.78. The summed E-state index contributed by atoms with van der Waals surface area (Å²) < 4.78 is 0. The predicted molar refractivity (Wildman–Crippen MR) is 95.2 cm³/mol. The van der Waals surface area contributed by atoms with Gasteiger partial charge in [-0.1, -0.05) is 34.8 Å². The highest BCUT2D eigenvalue weighted by atomic mass is 35.5. The average molecular weight is 404 g/mol. The molecule has 0 aliphatic rings. The number of non-ortho nitro benzene ring substituents is 1. The monoisotopic (exact) mass is 402 g/mol. The molecule has 1 aromatic carbocycles. The van der Waals surface area contributed by atoms with Crippen LogP contribution in [0.2, 0.25) is 15.2 Å². The largest absolute Gasteiger partial charge is 0.476 e. The van der Waals surface area contributed by atoms with Crippen molar-refractivity contribution < 1.29 is 14.8 Å². The van der Waals surface area contributed by atoms with Crippen LogP contribution in [0.1, 0.15) is 23.0 Å². The van der Waals surface area contributed by atoms with Crippen molar-refractivity contribution in [2.75, 3.05) is 5.43 Å². The molecule has 0 bridgehead atoms. The maximum atomic E-state index is 11.1. The number of carboxylic acids is 1. The minimum absolute atomic E-state index is 0.0120. The molecule has 2 N–H and O–H groups in total. The lowest BCUT2D eigenvalue weighted by molar-refractivity contribution is -0.384. The summed E-state index contributed by atoms with van der Waals surface area (Å²) in [6.07, 6.45) is 0. The van der Waals surface area contributed by atoms with Crippen molar-refractivity contribution in [2.45, 2.75) is 6.92 Å². The lowest BCUT2D eigenvalue weighted by atomic mass is 10.1. The van der Waals surface area contributed by atoms with E-state index in [-0.39, 0.29) is 26.6 Å². The van der Waals surface area contributed by atoms with E-state index in [1.54, 1.807) is 6.92 Å². The van der Waals surface area contributed by atoms with Crippen LogP contribution in [0.4, 0.5) is 11.4 Å². The van der Waals surface area contributed by atoms with Gasteiger partial charge < -0.3 is 5.11 Å². The molecule has 0 fully saturated rings. The minimum Gasteiger partial charge on any atom is -0.476 e. The third-order valence-corrected chi connectivity index (χ3v) is 4.18. The summed E-state index contributed by atoms with van der Waals surface area (Å²) >= 11 is 17.8. The molecule has 130 valence electrons. The number of nitrogens with one attached hydrogen (secondary N) is 1. The Morgan fingerprint density at radius 3 is 2.36 bits per heavy atom. The van der Waals surface area contributed by atoms with Crippen LogP contribution in [-0.2, 0) is 0 Å². The van der Waals surface area contributed by atoms with E-state index in [2.05, 4.69) is 15.5 Å². The molecule has 25 heavy (non-hydrogen) atoms. The zero-order valence-electron chi connectivity index (χ0n) is 12.5. The Morgan fingerprint density at radius 2 is 1.84 bits per heavy atom. The Hall–Kier alpha value is -2.42. The molecule has 1 heterocycles. The molecule has 0 aliphatic heterocycles. The van der Waals surface area contributed by atoms with Crippen molar-refractivity contribution >= 4 is 57.9 Å². The predicted octanol–water partition coefficient (Wildman–Crippen LogP) is 4.48. The number of carboxylic acid groups (broad SMARTS) is 1. The summed E-state index contributed by atoms with van der Waals surface area (Å²) in [5.41, 5.74) is 3.07. The number of benzene rings is 1. The van der Waals surface area contributed by atoms with Crippen LogP contribution in [0.25, 0.3) is 0 Å². The molecule has 0 saturated heterocycles. The number of anilines is 1. The van der Waals surface area contributed by atoms with Crippen molar-refractivity contribution in [2.24, 2.45) is 5.10 Å². The second-order valence-corrected chi connectivity index (χ2v) is 5.79. The van der Waals surface area contributed by atoms with E-state index in [9.17, 15) is 14.9 Å². The van der Waals surface area contributed by atoms with Gasteiger partial charge in [0.05, 0.1) is 16.3 Å².